The van der Waals surface area contributed by atoms with E-state index in [1.165, 1.54) is 12.1 Å². The van der Waals surface area contributed by atoms with Gasteiger partial charge in [-0.1, -0.05) is 12.1 Å². The number of halogens is 1. The van der Waals surface area contributed by atoms with Crippen LogP contribution in [0.3, 0.4) is 0 Å². The van der Waals surface area contributed by atoms with Gasteiger partial charge in [-0.25, -0.2) is 9.18 Å². The highest BCUT2D eigenvalue weighted by Crippen LogP contribution is 2.35. The summed E-state index contributed by atoms with van der Waals surface area (Å²) in [6, 6.07) is 9.78. The highest BCUT2D eigenvalue weighted by molar-refractivity contribution is 6.01. The molecular formula is C18H15FN2O2. The number of carbonyl (C=O) groups is 1. The number of esters is 1. The average Bonchev–Trinajstić information content (AvgIpc) is 3.01. The van der Waals surface area contributed by atoms with Crippen molar-refractivity contribution in [2.45, 2.75) is 6.92 Å². The standard InChI is InChI=1S/C18H15FN2O2/c1-2-23-18(22)17-16(13-7-9-20-10-8-13)15(11-21-17)12-3-5-14(19)6-4-12/h3-11,21H,2H2,1H3. The second-order valence-electron chi connectivity index (χ2n) is 4.92. The van der Waals surface area contributed by atoms with E-state index >= 15 is 0 Å². The predicted octanol–water partition coefficient (Wildman–Crippen LogP) is 4.06. The van der Waals surface area contributed by atoms with E-state index in [0.29, 0.717) is 12.3 Å². The molecule has 0 saturated carbocycles. The van der Waals surface area contributed by atoms with Crippen LogP contribution in [-0.4, -0.2) is 22.5 Å². The summed E-state index contributed by atoms with van der Waals surface area (Å²) in [5, 5.41) is 0. The molecule has 23 heavy (non-hydrogen) atoms. The Hall–Kier alpha value is -2.95. The van der Waals surface area contributed by atoms with E-state index in [0.717, 1.165) is 22.3 Å². The van der Waals surface area contributed by atoms with Crippen LogP contribution in [0.2, 0.25) is 0 Å². The number of carbonyl (C=O) groups excluding carboxylic acids is 1. The van der Waals surface area contributed by atoms with Crippen LogP contribution < -0.4 is 0 Å². The molecule has 0 saturated heterocycles. The third kappa shape index (κ3) is 2.99. The van der Waals surface area contributed by atoms with Gasteiger partial charge < -0.3 is 9.72 Å². The summed E-state index contributed by atoms with van der Waals surface area (Å²) in [5.74, 6) is -0.729. The maximum Gasteiger partial charge on any atom is 0.355 e. The number of rotatable bonds is 4. The summed E-state index contributed by atoms with van der Waals surface area (Å²) in [6.07, 6.45) is 5.05. The molecule has 4 nitrogen and oxygen atoms in total. The fourth-order valence-electron chi connectivity index (χ4n) is 2.46. The lowest BCUT2D eigenvalue weighted by atomic mass is 9.97. The Morgan fingerprint density at radius 3 is 2.48 bits per heavy atom. The predicted molar refractivity (Wildman–Crippen MR) is 85.4 cm³/mol. The lowest BCUT2D eigenvalue weighted by Crippen LogP contribution is -2.06. The van der Waals surface area contributed by atoms with Gasteiger partial charge in [0.2, 0.25) is 0 Å². The Kier molecular flexibility index (Phi) is 4.19. The smallest absolute Gasteiger partial charge is 0.355 e. The molecular weight excluding hydrogens is 295 g/mol. The molecule has 3 aromatic rings. The zero-order chi connectivity index (χ0) is 16.2. The fourth-order valence-corrected chi connectivity index (χ4v) is 2.46. The molecule has 0 bridgehead atoms. The second-order valence-corrected chi connectivity index (χ2v) is 4.92. The van der Waals surface area contributed by atoms with E-state index in [2.05, 4.69) is 9.97 Å². The largest absolute Gasteiger partial charge is 0.461 e. The Morgan fingerprint density at radius 1 is 1.13 bits per heavy atom. The van der Waals surface area contributed by atoms with Crippen molar-refractivity contribution in [1.82, 2.24) is 9.97 Å². The summed E-state index contributed by atoms with van der Waals surface area (Å²) in [6.45, 7) is 2.05. The van der Waals surface area contributed by atoms with E-state index in [4.69, 9.17) is 4.74 Å². The van der Waals surface area contributed by atoms with Crippen molar-refractivity contribution < 1.29 is 13.9 Å². The molecule has 0 aliphatic rings. The van der Waals surface area contributed by atoms with Gasteiger partial charge >= 0.3 is 5.97 Å². The van der Waals surface area contributed by atoms with Gasteiger partial charge in [-0.3, -0.25) is 4.98 Å². The minimum Gasteiger partial charge on any atom is -0.461 e. The van der Waals surface area contributed by atoms with Crippen molar-refractivity contribution in [3.63, 3.8) is 0 Å². The Balaban J connectivity index is 2.17. The molecule has 2 heterocycles. The highest BCUT2D eigenvalue weighted by Gasteiger charge is 2.20. The molecule has 0 amide bonds. The van der Waals surface area contributed by atoms with Gasteiger partial charge in [-0.2, -0.15) is 0 Å². The first kappa shape index (κ1) is 15.0. The molecule has 5 heteroatoms. The van der Waals surface area contributed by atoms with Gasteiger partial charge in [-0.15, -0.1) is 0 Å². The fraction of sp³-hybridized carbons (Fsp3) is 0.111. The molecule has 3 rings (SSSR count). The number of benzene rings is 1. The molecule has 1 aromatic carbocycles. The molecule has 0 radical (unpaired) electrons. The van der Waals surface area contributed by atoms with Gasteiger partial charge in [0.25, 0.3) is 0 Å². The number of nitrogens with one attached hydrogen (secondary N) is 1. The Labute approximate surface area is 133 Å². The minimum absolute atomic E-state index is 0.291. The summed E-state index contributed by atoms with van der Waals surface area (Å²) in [4.78, 5) is 19.2. The third-order valence-corrected chi connectivity index (χ3v) is 3.48. The maximum atomic E-state index is 13.2. The van der Waals surface area contributed by atoms with Gasteiger partial charge in [0.1, 0.15) is 11.5 Å². The number of hydrogen-bond acceptors (Lipinski definition) is 3. The molecule has 0 aliphatic heterocycles. The first-order chi connectivity index (χ1) is 11.2. The van der Waals surface area contributed by atoms with Crippen molar-refractivity contribution >= 4 is 5.97 Å². The lowest BCUT2D eigenvalue weighted by molar-refractivity contribution is 0.0521. The Morgan fingerprint density at radius 2 is 1.83 bits per heavy atom. The van der Waals surface area contributed by atoms with E-state index < -0.39 is 5.97 Å². The average molecular weight is 310 g/mol. The number of aromatic nitrogens is 2. The van der Waals surface area contributed by atoms with Crippen molar-refractivity contribution in [3.05, 3.63) is 66.5 Å². The summed E-state index contributed by atoms with van der Waals surface area (Å²) < 4.78 is 18.3. The minimum atomic E-state index is -0.423. The molecule has 0 unspecified atom stereocenters. The van der Waals surface area contributed by atoms with E-state index in [1.54, 1.807) is 37.6 Å². The maximum absolute atomic E-state index is 13.2. The van der Waals surface area contributed by atoms with Crippen LogP contribution in [0.5, 0.6) is 0 Å². The van der Waals surface area contributed by atoms with Gasteiger partial charge in [0, 0.05) is 29.7 Å². The molecule has 116 valence electrons. The van der Waals surface area contributed by atoms with Gasteiger partial charge in [0.15, 0.2) is 0 Å². The van der Waals surface area contributed by atoms with Crippen LogP contribution >= 0.6 is 0 Å². The normalized spacial score (nSPS) is 10.5. The number of H-pyrrole nitrogens is 1. The van der Waals surface area contributed by atoms with Crippen LogP contribution in [0.4, 0.5) is 4.39 Å². The molecule has 1 N–H and O–H groups in total. The first-order valence-electron chi connectivity index (χ1n) is 7.25. The highest BCUT2D eigenvalue weighted by atomic mass is 19.1. The van der Waals surface area contributed by atoms with Crippen molar-refractivity contribution in [2.75, 3.05) is 6.61 Å². The summed E-state index contributed by atoms with van der Waals surface area (Å²) >= 11 is 0. The SMILES string of the molecule is CCOC(=O)c1[nH]cc(-c2ccc(F)cc2)c1-c1ccncc1. The van der Waals surface area contributed by atoms with Gasteiger partial charge in [-0.05, 0) is 42.3 Å². The number of ether oxygens (including phenoxy) is 1. The van der Waals surface area contributed by atoms with E-state index in [9.17, 15) is 9.18 Å². The molecule has 2 aromatic heterocycles. The third-order valence-electron chi connectivity index (χ3n) is 3.48. The zero-order valence-electron chi connectivity index (χ0n) is 12.5. The van der Waals surface area contributed by atoms with Crippen molar-refractivity contribution in [3.8, 4) is 22.3 Å². The quantitative estimate of drug-likeness (QED) is 0.739. The topological polar surface area (TPSA) is 55.0 Å². The van der Waals surface area contributed by atoms with E-state index in [-0.39, 0.29) is 5.82 Å². The van der Waals surface area contributed by atoms with E-state index in [1.807, 2.05) is 12.1 Å². The van der Waals surface area contributed by atoms with Crippen LogP contribution in [-0.2, 0) is 4.74 Å². The van der Waals surface area contributed by atoms with Crippen LogP contribution in [0, 0.1) is 5.82 Å². The van der Waals surface area contributed by atoms with Crippen molar-refractivity contribution in [1.29, 1.82) is 0 Å². The summed E-state index contributed by atoms with van der Waals surface area (Å²) in [7, 11) is 0. The first-order valence-corrected chi connectivity index (χ1v) is 7.25. The number of nitrogens with zero attached hydrogens (tertiary/aromatic N) is 1. The second kappa shape index (κ2) is 6.44. The Bertz CT molecular complexity index is 811. The van der Waals surface area contributed by atoms with Crippen LogP contribution in [0.1, 0.15) is 17.4 Å². The van der Waals surface area contributed by atoms with Crippen LogP contribution in [0.15, 0.2) is 55.0 Å². The van der Waals surface area contributed by atoms with Crippen LogP contribution in [0.25, 0.3) is 22.3 Å². The molecule has 0 atom stereocenters. The number of aromatic amines is 1. The molecule has 0 aliphatic carbocycles. The molecule has 0 fully saturated rings. The number of hydrogen-bond donors (Lipinski definition) is 1. The summed E-state index contributed by atoms with van der Waals surface area (Å²) in [5.41, 5.74) is 3.54. The number of pyridine rings is 1. The lowest BCUT2D eigenvalue weighted by Gasteiger charge is -2.08. The van der Waals surface area contributed by atoms with Crippen molar-refractivity contribution in [2.24, 2.45) is 0 Å². The van der Waals surface area contributed by atoms with Gasteiger partial charge in [0.05, 0.1) is 6.61 Å². The monoisotopic (exact) mass is 310 g/mol. The molecule has 0 spiro atoms. The zero-order valence-corrected chi connectivity index (χ0v) is 12.5.